The molecule has 3 rings (SSSR count). The van der Waals surface area contributed by atoms with Crippen LogP contribution in [0, 0.1) is 12.7 Å². The molecule has 3 aromatic carbocycles. The van der Waals surface area contributed by atoms with Crippen molar-refractivity contribution in [1.82, 2.24) is 0 Å². The maximum Gasteiger partial charge on any atom is 0.264 e. The fraction of sp³-hybridized carbons (Fsp3) is 0.143. The van der Waals surface area contributed by atoms with Crippen LogP contribution in [-0.2, 0) is 16.6 Å². The number of sulfonamides is 1. The van der Waals surface area contributed by atoms with Gasteiger partial charge in [0, 0.05) is 5.02 Å². The van der Waals surface area contributed by atoms with E-state index in [1.54, 1.807) is 43.3 Å². The van der Waals surface area contributed by atoms with Gasteiger partial charge in [-0.1, -0.05) is 41.9 Å². The topological polar surface area (TPSA) is 46.6 Å². The van der Waals surface area contributed by atoms with Crippen LogP contribution >= 0.6 is 11.6 Å². The lowest BCUT2D eigenvalue weighted by molar-refractivity contribution is 0.414. The monoisotopic (exact) mass is 419 g/mol. The average Bonchev–Trinajstić information content (AvgIpc) is 2.69. The first-order chi connectivity index (χ1) is 13.3. The summed E-state index contributed by atoms with van der Waals surface area (Å²) in [6, 6.07) is 17.2. The van der Waals surface area contributed by atoms with Gasteiger partial charge in [0.15, 0.2) is 0 Å². The molecule has 0 N–H and O–H groups in total. The largest absolute Gasteiger partial charge is 0.497 e. The van der Waals surface area contributed by atoms with Crippen molar-refractivity contribution in [3.05, 3.63) is 88.7 Å². The van der Waals surface area contributed by atoms with Crippen molar-refractivity contribution in [3.8, 4) is 5.75 Å². The second kappa shape index (κ2) is 8.20. The van der Waals surface area contributed by atoms with Crippen molar-refractivity contribution < 1.29 is 17.5 Å². The van der Waals surface area contributed by atoms with Crippen LogP contribution in [0.25, 0.3) is 0 Å². The molecule has 0 unspecified atom stereocenters. The van der Waals surface area contributed by atoms with Gasteiger partial charge >= 0.3 is 0 Å². The molecule has 0 spiro atoms. The number of rotatable bonds is 6. The van der Waals surface area contributed by atoms with Crippen LogP contribution in [0.1, 0.15) is 11.1 Å². The number of benzene rings is 3. The predicted octanol–water partition coefficient (Wildman–Crippen LogP) is 5.19. The summed E-state index contributed by atoms with van der Waals surface area (Å²) in [5, 5.41) is 0.330. The zero-order chi connectivity index (χ0) is 20.3. The summed E-state index contributed by atoms with van der Waals surface area (Å²) in [5.74, 6) is -0.0473. The number of aryl methyl sites for hydroxylation is 1. The average molecular weight is 420 g/mol. The zero-order valence-electron chi connectivity index (χ0n) is 15.4. The molecule has 0 aliphatic carbocycles. The Morgan fingerprint density at radius 2 is 1.79 bits per heavy atom. The van der Waals surface area contributed by atoms with Crippen molar-refractivity contribution in [2.75, 3.05) is 11.4 Å². The molecule has 0 saturated carbocycles. The first-order valence-electron chi connectivity index (χ1n) is 8.49. The van der Waals surface area contributed by atoms with Gasteiger partial charge in [0.2, 0.25) is 0 Å². The molecule has 3 aromatic rings. The van der Waals surface area contributed by atoms with E-state index in [1.807, 2.05) is 0 Å². The van der Waals surface area contributed by atoms with Crippen molar-refractivity contribution in [1.29, 1.82) is 0 Å². The van der Waals surface area contributed by atoms with Crippen LogP contribution in [0.4, 0.5) is 10.1 Å². The molecular formula is C21H19ClFNO3S. The number of hydrogen-bond donors (Lipinski definition) is 0. The Bertz CT molecular complexity index is 1100. The molecule has 0 bridgehead atoms. The number of para-hydroxylation sites is 1. The predicted molar refractivity (Wildman–Crippen MR) is 109 cm³/mol. The molecule has 0 amide bonds. The Morgan fingerprint density at radius 1 is 1.04 bits per heavy atom. The lowest BCUT2D eigenvalue weighted by Gasteiger charge is -2.25. The van der Waals surface area contributed by atoms with Gasteiger partial charge in [-0.3, -0.25) is 4.31 Å². The van der Waals surface area contributed by atoms with E-state index < -0.39 is 15.8 Å². The van der Waals surface area contributed by atoms with Gasteiger partial charge in [0.1, 0.15) is 11.6 Å². The molecule has 0 aliphatic heterocycles. The molecule has 0 atom stereocenters. The van der Waals surface area contributed by atoms with E-state index in [2.05, 4.69) is 0 Å². The minimum absolute atomic E-state index is 0.00532. The maximum atomic E-state index is 14.5. The third-order valence-electron chi connectivity index (χ3n) is 4.31. The standard InChI is InChI=1S/C21H19ClFNO3S/c1-15-10-11-18(13-19(15)22)28(25,26)24(21-9-4-3-8-20(21)23)14-16-6-5-7-17(12-16)27-2/h3-13H,14H2,1-2H3. The van der Waals surface area contributed by atoms with Gasteiger partial charge in [-0.2, -0.15) is 0 Å². The summed E-state index contributed by atoms with van der Waals surface area (Å²) >= 11 is 6.13. The van der Waals surface area contributed by atoms with Gasteiger partial charge < -0.3 is 4.74 Å². The molecule has 7 heteroatoms. The summed E-state index contributed by atoms with van der Waals surface area (Å²) in [6.45, 7) is 1.72. The minimum atomic E-state index is -4.07. The Morgan fingerprint density at radius 3 is 2.46 bits per heavy atom. The Labute approximate surface area is 169 Å². The zero-order valence-corrected chi connectivity index (χ0v) is 17.0. The Hall–Kier alpha value is -2.57. The fourth-order valence-electron chi connectivity index (χ4n) is 2.75. The normalized spacial score (nSPS) is 11.3. The smallest absolute Gasteiger partial charge is 0.264 e. The van der Waals surface area contributed by atoms with Crippen molar-refractivity contribution in [2.24, 2.45) is 0 Å². The van der Waals surface area contributed by atoms with E-state index in [1.165, 1.54) is 37.4 Å². The molecule has 0 radical (unpaired) electrons. The summed E-state index contributed by atoms with van der Waals surface area (Å²) in [4.78, 5) is -0.00532. The molecule has 0 aliphatic rings. The highest BCUT2D eigenvalue weighted by Crippen LogP contribution is 2.30. The van der Waals surface area contributed by atoms with Crippen LogP contribution < -0.4 is 9.04 Å². The van der Waals surface area contributed by atoms with Crippen molar-refractivity contribution in [2.45, 2.75) is 18.4 Å². The van der Waals surface area contributed by atoms with Crippen molar-refractivity contribution >= 4 is 27.3 Å². The Balaban J connectivity index is 2.12. The maximum absolute atomic E-state index is 14.5. The molecule has 28 heavy (non-hydrogen) atoms. The van der Waals surface area contributed by atoms with Gasteiger partial charge in [-0.25, -0.2) is 12.8 Å². The van der Waals surface area contributed by atoms with E-state index >= 15 is 0 Å². The van der Waals surface area contributed by atoms with Crippen LogP contribution in [-0.4, -0.2) is 15.5 Å². The van der Waals surface area contributed by atoms with Crippen LogP contribution in [0.3, 0.4) is 0 Å². The molecule has 146 valence electrons. The van der Waals surface area contributed by atoms with Crippen LogP contribution in [0.2, 0.25) is 5.02 Å². The summed E-state index contributed by atoms with van der Waals surface area (Å²) in [7, 11) is -2.54. The van der Waals surface area contributed by atoms with Gasteiger partial charge in [-0.05, 0) is 54.4 Å². The third kappa shape index (κ3) is 4.13. The number of methoxy groups -OCH3 is 1. The second-order valence-electron chi connectivity index (χ2n) is 6.23. The number of anilines is 1. The van der Waals surface area contributed by atoms with E-state index in [-0.39, 0.29) is 17.1 Å². The van der Waals surface area contributed by atoms with Gasteiger partial charge in [0.05, 0.1) is 24.2 Å². The first-order valence-corrected chi connectivity index (χ1v) is 10.3. The van der Waals surface area contributed by atoms with E-state index in [0.717, 1.165) is 9.87 Å². The van der Waals surface area contributed by atoms with Crippen LogP contribution in [0.15, 0.2) is 71.6 Å². The molecule has 0 saturated heterocycles. The highest BCUT2D eigenvalue weighted by molar-refractivity contribution is 7.92. The summed E-state index contributed by atoms with van der Waals surface area (Å²) in [5.41, 5.74) is 1.37. The van der Waals surface area contributed by atoms with E-state index in [0.29, 0.717) is 16.3 Å². The molecule has 0 fully saturated rings. The minimum Gasteiger partial charge on any atom is -0.497 e. The number of nitrogens with zero attached hydrogens (tertiary/aromatic N) is 1. The third-order valence-corrected chi connectivity index (χ3v) is 6.48. The molecular weight excluding hydrogens is 401 g/mol. The summed E-state index contributed by atoms with van der Waals surface area (Å²) in [6.07, 6.45) is 0. The number of hydrogen-bond acceptors (Lipinski definition) is 3. The lowest BCUT2D eigenvalue weighted by atomic mass is 10.2. The quantitative estimate of drug-likeness (QED) is 0.552. The number of ether oxygens (including phenoxy) is 1. The highest BCUT2D eigenvalue weighted by atomic mass is 35.5. The lowest BCUT2D eigenvalue weighted by Crippen LogP contribution is -2.31. The second-order valence-corrected chi connectivity index (χ2v) is 8.50. The molecule has 4 nitrogen and oxygen atoms in total. The Kier molecular flexibility index (Phi) is 5.91. The fourth-order valence-corrected chi connectivity index (χ4v) is 4.48. The number of halogens is 2. The van der Waals surface area contributed by atoms with Crippen LogP contribution in [0.5, 0.6) is 5.75 Å². The van der Waals surface area contributed by atoms with E-state index in [9.17, 15) is 12.8 Å². The van der Waals surface area contributed by atoms with E-state index in [4.69, 9.17) is 16.3 Å². The summed E-state index contributed by atoms with van der Waals surface area (Å²) < 4.78 is 47.5. The SMILES string of the molecule is COc1cccc(CN(c2ccccc2F)S(=O)(=O)c2ccc(C)c(Cl)c2)c1. The first kappa shape index (κ1) is 20.2. The van der Waals surface area contributed by atoms with Gasteiger partial charge in [0.25, 0.3) is 10.0 Å². The van der Waals surface area contributed by atoms with Gasteiger partial charge in [-0.15, -0.1) is 0 Å². The van der Waals surface area contributed by atoms with Crippen molar-refractivity contribution in [3.63, 3.8) is 0 Å². The molecule has 0 aromatic heterocycles. The highest BCUT2D eigenvalue weighted by Gasteiger charge is 2.28. The molecule has 0 heterocycles.